The normalized spacial score (nSPS) is 17.1. The zero-order chi connectivity index (χ0) is 14.5. The van der Waals surface area contributed by atoms with Gasteiger partial charge in [0.15, 0.2) is 0 Å². The summed E-state index contributed by atoms with van der Waals surface area (Å²) >= 11 is 0. The Hall–Kier alpha value is -1.07. The van der Waals surface area contributed by atoms with E-state index in [1.807, 2.05) is 4.68 Å². The maximum absolute atomic E-state index is 5.92. The number of aromatic nitrogens is 2. The monoisotopic (exact) mass is 281 g/mol. The highest BCUT2D eigenvalue weighted by molar-refractivity contribution is 5.26. The van der Waals surface area contributed by atoms with Crippen molar-refractivity contribution in [1.82, 2.24) is 14.7 Å². The van der Waals surface area contributed by atoms with Crippen LogP contribution in [0.5, 0.6) is 5.88 Å². The number of nitrogens with zero attached hydrogens (tertiary/aromatic N) is 3. The van der Waals surface area contributed by atoms with Crippen molar-refractivity contribution >= 4 is 0 Å². The summed E-state index contributed by atoms with van der Waals surface area (Å²) < 4.78 is 13.2. The molecule has 2 heterocycles. The molecule has 1 aromatic heterocycles. The molecule has 20 heavy (non-hydrogen) atoms. The molecule has 1 aromatic rings. The van der Waals surface area contributed by atoms with Crippen LogP contribution in [-0.4, -0.2) is 54.1 Å². The lowest BCUT2D eigenvalue weighted by Gasteiger charge is -2.26. The van der Waals surface area contributed by atoms with E-state index in [2.05, 4.69) is 43.9 Å². The second kappa shape index (κ2) is 7.09. The first kappa shape index (κ1) is 15.3. The van der Waals surface area contributed by atoms with E-state index in [1.54, 1.807) is 0 Å². The zero-order valence-corrected chi connectivity index (χ0v) is 13.1. The predicted molar refractivity (Wildman–Crippen MR) is 79.5 cm³/mol. The van der Waals surface area contributed by atoms with Gasteiger partial charge < -0.3 is 9.47 Å². The van der Waals surface area contributed by atoms with Crippen LogP contribution in [0.1, 0.15) is 45.2 Å². The first-order chi connectivity index (χ1) is 9.58. The molecule has 0 radical (unpaired) electrons. The highest BCUT2D eigenvalue weighted by Crippen LogP contribution is 2.26. The minimum absolute atomic E-state index is 0.365. The van der Waals surface area contributed by atoms with Gasteiger partial charge in [-0.3, -0.25) is 9.58 Å². The molecular formula is C15H27N3O2. The lowest BCUT2D eigenvalue weighted by atomic mass is 10.1. The average molecular weight is 281 g/mol. The van der Waals surface area contributed by atoms with E-state index < -0.39 is 0 Å². The van der Waals surface area contributed by atoms with Crippen LogP contribution < -0.4 is 4.74 Å². The largest absolute Gasteiger partial charge is 0.475 e. The maximum Gasteiger partial charge on any atom is 0.236 e. The third-order valence-corrected chi connectivity index (χ3v) is 3.63. The van der Waals surface area contributed by atoms with Crippen LogP contribution in [0.4, 0.5) is 0 Å². The van der Waals surface area contributed by atoms with Crippen molar-refractivity contribution in [2.24, 2.45) is 0 Å². The van der Waals surface area contributed by atoms with Crippen LogP contribution in [-0.2, 0) is 4.74 Å². The first-order valence-electron chi connectivity index (χ1n) is 7.60. The van der Waals surface area contributed by atoms with Crippen molar-refractivity contribution in [1.29, 1.82) is 0 Å². The highest BCUT2D eigenvalue weighted by atomic mass is 16.5. The summed E-state index contributed by atoms with van der Waals surface area (Å²) in [4.78, 5) is 2.37. The lowest BCUT2D eigenvalue weighted by Crippen LogP contribution is -2.38. The second-order valence-corrected chi connectivity index (χ2v) is 5.92. The number of ether oxygens (including phenoxy) is 2. The Labute approximate surface area is 121 Å². The fraction of sp³-hybridized carbons (Fsp3) is 0.800. The van der Waals surface area contributed by atoms with Crippen molar-refractivity contribution in [2.75, 3.05) is 39.5 Å². The topological polar surface area (TPSA) is 39.5 Å². The van der Waals surface area contributed by atoms with Gasteiger partial charge in [0.1, 0.15) is 6.61 Å². The van der Waals surface area contributed by atoms with Gasteiger partial charge in [-0.15, -0.1) is 5.10 Å². The molecule has 0 spiro atoms. The summed E-state index contributed by atoms with van der Waals surface area (Å²) in [6.45, 7) is 13.9. The van der Waals surface area contributed by atoms with Gasteiger partial charge in [-0.05, 0) is 19.8 Å². The summed E-state index contributed by atoms with van der Waals surface area (Å²) in [5.41, 5.74) is 1.20. The van der Waals surface area contributed by atoms with Gasteiger partial charge >= 0.3 is 0 Å². The first-order valence-corrected chi connectivity index (χ1v) is 7.60. The third kappa shape index (κ3) is 3.96. The number of hydrogen-bond donors (Lipinski definition) is 0. The van der Waals surface area contributed by atoms with E-state index in [0.29, 0.717) is 18.6 Å². The minimum atomic E-state index is 0.365. The Balaban J connectivity index is 1.90. The Kier molecular flexibility index (Phi) is 5.43. The molecular weight excluding hydrogens is 254 g/mol. The molecule has 5 heteroatoms. The maximum atomic E-state index is 5.92. The minimum Gasteiger partial charge on any atom is -0.475 e. The highest BCUT2D eigenvalue weighted by Gasteiger charge is 2.16. The summed E-state index contributed by atoms with van der Waals surface area (Å²) in [5, 5.41) is 4.56. The molecule has 1 saturated heterocycles. The molecule has 5 nitrogen and oxygen atoms in total. The fourth-order valence-corrected chi connectivity index (χ4v) is 2.26. The fourth-order valence-electron chi connectivity index (χ4n) is 2.26. The van der Waals surface area contributed by atoms with E-state index >= 15 is 0 Å². The van der Waals surface area contributed by atoms with Gasteiger partial charge in [0.05, 0.1) is 13.2 Å². The van der Waals surface area contributed by atoms with Gasteiger partial charge in [0, 0.05) is 37.4 Å². The van der Waals surface area contributed by atoms with Gasteiger partial charge in [-0.25, -0.2) is 0 Å². The molecule has 0 aliphatic carbocycles. The molecule has 1 fully saturated rings. The number of rotatable bonds is 6. The quantitative estimate of drug-likeness (QED) is 0.802. The van der Waals surface area contributed by atoms with Crippen LogP contribution in [0.15, 0.2) is 6.20 Å². The summed E-state index contributed by atoms with van der Waals surface area (Å²) in [6, 6.07) is 0.365. The van der Waals surface area contributed by atoms with Gasteiger partial charge in [-0.2, -0.15) is 0 Å². The van der Waals surface area contributed by atoms with Crippen molar-refractivity contribution in [3.8, 4) is 5.88 Å². The molecule has 0 aromatic carbocycles. The van der Waals surface area contributed by atoms with Gasteiger partial charge in [0.25, 0.3) is 0 Å². The van der Waals surface area contributed by atoms with Crippen LogP contribution in [0.25, 0.3) is 0 Å². The number of hydrogen-bond acceptors (Lipinski definition) is 4. The summed E-state index contributed by atoms with van der Waals surface area (Å²) in [7, 11) is 0. The predicted octanol–water partition coefficient (Wildman–Crippen LogP) is 2.30. The van der Waals surface area contributed by atoms with Crippen molar-refractivity contribution in [3.63, 3.8) is 0 Å². The SMILES string of the molecule is CC(C)c1cn(C(C)C)nc1OCCN1CCOCC1. The molecule has 0 bridgehead atoms. The molecule has 0 atom stereocenters. The molecule has 1 aliphatic heterocycles. The van der Waals surface area contributed by atoms with E-state index in [-0.39, 0.29) is 0 Å². The molecule has 114 valence electrons. The van der Waals surface area contributed by atoms with E-state index in [0.717, 1.165) is 38.7 Å². The molecule has 0 unspecified atom stereocenters. The van der Waals surface area contributed by atoms with E-state index in [4.69, 9.17) is 9.47 Å². The van der Waals surface area contributed by atoms with Crippen molar-refractivity contribution in [3.05, 3.63) is 11.8 Å². The smallest absolute Gasteiger partial charge is 0.236 e. The second-order valence-electron chi connectivity index (χ2n) is 5.92. The van der Waals surface area contributed by atoms with Crippen LogP contribution in [0, 0.1) is 0 Å². The van der Waals surface area contributed by atoms with Gasteiger partial charge in [0.2, 0.25) is 5.88 Å². The third-order valence-electron chi connectivity index (χ3n) is 3.63. The Morgan fingerprint density at radius 2 is 1.95 bits per heavy atom. The van der Waals surface area contributed by atoms with Crippen molar-refractivity contribution in [2.45, 2.75) is 39.7 Å². The van der Waals surface area contributed by atoms with Crippen LogP contribution in [0.3, 0.4) is 0 Å². The Bertz CT molecular complexity index is 409. The zero-order valence-electron chi connectivity index (χ0n) is 13.1. The van der Waals surface area contributed by atoms with Crippen LogP contribution in [0.2, 0.25) is 0 Å². The number of morpholine rings is 1. The van der Waals surface area contributed by atoms with Gasteiger partial charge in [-0.1, -0.05) is 13.8 Å². The molecule has 0 N–H and O–H groups in total. The Morgan fingerprint density at radius 1 is 1.25 bits per heavy atom. The summed E-state index contributed by atoms with van der Waals surface area (Å²) in [5.74, 6) is 1.22. The van der Waals surface area contributed by atoms with E-state index in [1.165, 1.54) is 5.56 Å². The molecule has 2 rings (SSSR count). The lowest BCUT2D eigenvalue weighted by molar-refractivity contribution is 0.0319. The van der Waals surface area contributed by atoms with E-state index in [9.17, 15) is 0 Å². The van der Waals surface area contributed by atoms with Crippen molar-refractivity contribution < 1.29 is 9.47 Å². The molecule has 0 amide bonds. The average Bonchev–Trinajstić information content (AvgIpc) is 2.84. The molecule has 1 aliphatic rings. The van der Waals surface area contributed by atoms with Crippen LogP contribution >= 0.6 is 0 Å². The molecule has 0 saturated carbocycles. The Morgan fingerprint density at radius 3 is 2.55 bits per heavy atom. The summed E-state index contributed by atoms with van der Waals surface area (Å²) in [6.07, 6.45) is 2.11. The standard InChI is InChI=1S/C15H27N3O2/c1-12(2)14-11-18(13(3)4)16-15(14)20-10-7-17-5-8-19-9-6-17/h11-13H,5-10H2,1-4H3.